The molecule has 5 nitrogen and oxygen atoms in total. The van der Waals surface area contributed by atoms with Crippen LogP contribution in [0.25, 0.3) is 0 Å². The van der Waals surface area contributed by atoms with Crippen molar-refractivity contribution in [2.24, 2.45) is 23.2 Å². The first kappa shape index (κ1) is 18.6. The minimum atomic E-state index is -0.182. The molecule has 5 aliphatic carbocycles. The Balaban J connectivity index is 1.27. The molecule has 0 radical (unpaired) electrons. The molecule has 6 rings (SSSR count). The number of aryl methyl sites for hydroxylation is 1. The van der Waals surface area contributed by atoms with Gasteiger partial charge in [0.05, 0.1) is 11.1 Å². The summed E-state index contributed by atoms with van der Waals surface area (Å²) >= 11 is 1.33. The highest BCUT2D eigenvalue weighted by Gasteiger charge is 2.54. The van der Waals surface area contributed by atoms with E-state index in [0.29, 0.717) is 10.0 Å². The number of anilines is 1. The predicted octanol–water partition coefficient (Wildman–Crippen LogP) is 4.67. The summed E-state index contributed by atoms with van der Waals surface area (Å²) in [5, 5.41) is 6.87. The van der Waals surface area contributed by atoms with E-state index < -0.39 is 0 Å². The second-order valence-electron chi connectivity index (χ2n) is 9.89. The zero-order valence-electron chi connectivity index (χ0n) is 16.8. The van der Waals surface area contributed by atoms with Gasteiger partial charge in [-0.15, -0.1) is 0 Å². The average Bonchev–Trinajstić information content (AvgIpc) is 3.02. The highest BCUT2D eigenvalue weighted by Crippen LogP contribution is 2.60. The maximum Gasteiger partial charge on any atom is 0.263 e. The van der Waals surface area contributed by atoms with Crippen LogP contribution < -0.4 is 10.6 Å². The van der Waals surface area contributed by atoms with E-state index in [1.54, 1.807) is 0 Å². The molecule has 28 heavy (non-hydrogen) atoms. The van der Waals surface area contributed by atoms with Crippen LogP contribution >= 0.6 is 11.3 Å². The van der Waals surface area contributed by atoms with E-state index in [0.717, 1.165) is 55.6 Å². The van der Waals surface area contributed by atoms with Crippen molar-refractivity contribution in [2.75, 3.05) is 5.32 Å². The SMILES string of the molecule is Cc1nc(NC(=O)C23CC4CC(CC(C4)C2)C3)sc1C(=O)NC1CCCCC1. The van der Waals surface area contributed by atoms with Gasteiger partial charge < -0.3 is 10.6 Å². The van der Waals surface area contributed by atoms with Crippen molar-refractivity contribution in [3.05, 3.63) is 10.6 Å². The van der Waals surface area contributed by atoms with Crippen LogP contribution in [0.5, 0.6) is 0 Å². The van der Waals surface area contributed by atoms with Gasteiger partial charge in [-0.2, -0.15) is 0 Å². The first-order chi connectivity index (χ1) is 13.5. The van der Waals surface area contributed by atoms with Crippen molar-refractivity contribution >= 4 is 28.3 Å². The van der Waals surface area contributed by atoms with Crippen LogP contribution in [0.3, 0.4) is 0 Å². The van der Waals surface area contributed by atoms with E-state index in [9.17, 15) is 9.59 Å². The van der Waals surface area contributed by atoms with E-state index in [-0.39, 0.29) is 23.3 Å². The Hall–Kier alpha value is -1.43. The molecular formula is C22H31N3O2S. The van der Waals surface area contributed by atoms with Gasteiger partial charge in [0, 0.05) is 6.04 Å². The molecule has 5 saturated carbocycles. The van der Waals surface area contributed by atoms with Crippen LogP contribution in [0.4, 0.5) is 5.13 Å². The summed E-state index contributed by atoms with van der Waals surface area (Å²) in [6.07, 6.45) is 12.9. The second kappa shape index (κ2) is 7.12. The lowest BCUT2D eigenvalue weighted by atomic mass is 9.49. The van der Waals surface area contributed by atoms with Gasteiger partial charge in [-0.3, -0.25) is 9.59 Å². The lowest BCUT2D eigenvalue weighted by molar-refractivity contribution is -0.140. The molecule has 1 aromatic heterocycles. The molecule has 5 fully saturated rings. The Morgan fingerprint density at radius 1 is 1.00 bits per heavy atom. The monoisotopic (exact) mass is 401 g/mol. The van der Waals surface area contributed by atoms with Crippen molar-refractivity contribution in [1.82, 2.24) is 10.3 Å². The van der Waals surface area contributed by atoms with E-state index in [1.165, 1.54) is 49.9 Å². The summed E-state index contributed by atoms with van der Waals surface area (Å²) in [6.45, 7) is 1.87. The largest absolute Gasteiger partial charge is 0.349 e. The number of aromatic nitrogens is 1. The van der Waals surface area contributed by atoms with Crippen molar-refractivity contribution in [2.45, 2.75) is 83.6 Å². The van der Waals surface area contributed by atoms with E-state index in [2.05, 4.69) is 15.6 Å². The highest BCUT2D eigenvalue weighted by atomic mass is 32.1. The molecule has 2 amide bonds. The van der Waals surface area contributed by atoms with Gasteiger partial charge in [0.1, 0.15) is 4.88 Å². The fourth-order valence-electron chi connectivity index (χ4n) is 6.78. The van der Waals surface area contributed by atoms with Crippen LogP contribution in [0.1, 0.15) is 86.0 Å². The number of carbonyl (C=O) groups is 2. The van der Waals surface area contributed by atoms with Crippen LogP contribution in [-0.2, 0) is 4.79 Å². The van der Waals surface area contributed by atoms with Gasteiger partial charge in [-0.25, -0.2) is 4.98 Å². The van der Waals surface area contributed by atoms with Gasteiger partial charge in [0.15, 0.2) is 5.13 Å². The van der Waals surface area contributed by atoms with Crippen LogP contribution in [0, 0.1) is 30.1 Å². The number of hydrogen-bond acceptors (Lipinski definition) is 4. The molecule has 5 aliphatic rings. The van der Waals surface area contributed by atoms with Gasteiger partial charge >= 0.3 is 0 Å². The lowest BCUT2D eigenvalue weighted by Gasteiger charge is -2.55. The predicted molar refractivity (Wildman–Crippen MR) is 110 cm³/mol. The molecular weight excluding hydrogens is 370 g/mol. The summed E-state index contributed by atoms with van der Waals surface area (Å²) in [5.41, 5.74) is 0.540. The summed E-state index contributed by atoms with van der Waals surface area (Å²) < 4.78 is 0. The van der Waals surface area contributed by atoms with Crippen molar-refractivity contribution in [1.29, 1.82) is 0 Å². The van der Waals surface area contributed by atoms with E-state index >= 15 is 0 Å². The Morgan fingerprint density at radius 2 is 1.61 bits per heavy atom. The fourth-order valence-corrected chi connectivity index (χ4v) is 7.64. The summed E-state index contributed by atoms with van der Waals surface area (Å²) in [4.78, 5) is 31.1. The van der Waals surface area contributed by atoms with Crippen LogP contribution in [0.15, 0.2) is 0 Å². The molecule has 0 aromatic carbocycles. The number of rotatable bonds is 4. The molecule has 6 heteroatoms. The molecule has 0 saturated heterocycles. The summed E-state index contributed by atoms with van der Waals surface area (Å²) in [6, 6.07) is 0.285. The molecule has 0 unspecified atom stereocenters. The maximum atomic E-state index is 13.2. The van der Waals surface area contributed by atoms with Crippen molar-refractivity contribution < 1.29 is 9.59 Å². The van der Waals surface area contributed by atoms with Crippen LogP contribution in [0.2, 0.25) is 0 Å². The number of amides is 2. The van der Waals surface area contributed by atoms with Crippen LogP contribution in [-0.4, -0.2) is 22.8 Å². The Labute approximate surface area is 171 Å². The minimum absolute atomic E-state index is 0.0304. The zero-order valence-corrected chi connectivity index (χ0v) is 17.6. The number of thiazole rings is 1. The number of carbonyl (C=O) groups excluding carboxylic acids is 2. The first-order valence-electron chi connectivity index (χ1n) is 11.1. The first-order valence-corrected chi connectivity index (χ1v) is 11.9. The molecule has 0 spiro atoms. The smallest absolute Gasteiger partial charge is 0.263 e. The van der Waals surface area contributed by atoms with E-state index in [1.807, 2.05) is 6.92 Å². The fraction of sp³-hybridized carbons (Fsp3) is 0.773. The molecule has 2 N–H and O–H groups in total. The second-order valence-corrected chi connectivity index (χ2v) is 10.9. The summed E-state index contributed by atoms with van der Waals surface area (Å²) in [5.74, 6) is 2.35. The summed E-state index contributed by atoms with van der Waals surface area (Å²) in [7, 11) is 0. The Morgan fingerprint density at radius 3 is 2.21 bits per heavy atom. The van der Waals surface area contributed by atoms with E-state index in [4.69, 9.17) is 0 Å². The lowest BCUT2D eigenvalue weighted by Crippen LogP contribution is -2.51. The standard InChI is InChI=1S/C22H31N3O2S/c1-13-18(19(26)24-17-5-3-2-4-6-17)28-21(23-13)25-20(27)22-10-14-7-15(11-22)9-16(8-14)12-22/h14-17H,2-12H2,1H3,(H,24,26)(H,23,25,27). The number of nitrogens with zero attached hydrogens (tertiary/aromatic N) is 1. The zero-order chi connectivity index (χ0) is 19.3. The third kappa shape index (κ3) is 3.38. The Kier molecular flexibility index (Phi) is 4.73. The van der Waals surface area contributed by atoms with Gasteiger partial charge in [0.2, 0.25) is 5.91 Å². The van der Waals surface area contributed by atoms with Gasteiger partial charge in [-0.05, 0) is 76.0 Å². The molecule has 4 bridgehead atoms. The minimum Gasteiger partial charge on any atom is -0.349 e. The molecule has 1 aromatic rings. The Bertz CT molecular complexity index is 745. The molecule has 1 heterocycles. The van der Waals surface area contributed by atoms with Gasteiger partial charge in [0.25, 0.3) is 5.91 Å². The highest BCUT2D eigenvalue weighted by molar-refractivity contribution is 7.17. The normalized spacial score (nSPS) is 34.4. The number of hydrogen-bond donors (Lipinski definition) is 2. The third-order valence-electron chi connectivity index (χ3n) is 7.68. The maximum absolute atomic E-state index is 13.2. The third-order valence-corrected chi connectivity index (χ3v) is 8.76. The van der Waals surface area contributed by atoms with Gasteiger partial charge in [-0.1, -0.05) is 30.6 Å². The van der Waals surface area contributed by atoms with Crippen molar-refractivity contribution in [3.63, 3.8) is 0 Å². The molecule has 152 valence electrons. The number of nitrogens with one attached hydrogen (secondary N) is 2. The average molecular weight is 402 g/mol. The van der Waals surface area contributed by atoms with Crippen molar-refractivity contribution in [3.8, 4) is 0 Å². The topological polar surface area (TPSA) is 71.1 Å². The molecule has 0 aliphatic heterocycles. The quantitative estimate of drug-likeness (QED) is 0.770. The molecule has 0 atom stereocenters.